The number of carbonyl (C=O) groups excluding carboxylic acids is 1. The van der Waals surface area contributed by atoms with E-state index in [4.69, 9.17) is 9.63 Å². The molecule has 0 aromatic carbocycles. The number of nitrogens with zero attached hydrogens (tertiary/aromatic N) is 3. The number of thiazole rings is 1. The van der Waals surface area contributed by atoms with Gasteiger partial charge in [-0.3, -0.25) is 9.78 Å². The van der Waals surface area contributed by atoms with Gasteiger partial charge in [0.25, 0.3) is 5.91 Å². The topological polar surface area (TPSA) is 101 Å². The molecule has 3 rings (SSSR count). The lowest BCUT2D eigenvalue weighted by atomic mass is 10.1. The Bertz CT molecular complexity index is 934. The van der Waals surface area contributed by atoms with Crippen LogP contribution in [0, 0.1) is 12.7 Å². The monoisotopic (exact) mass is 374 g/mol. The first-order valence-corrected chi connectivity index (χ1v) is 8.51. The predicted octanol–water partition coefficient (Wildman–Crippen LogP) is 2.53. The predicted molar refractivity (Wildman–Crippen MR) is 94.9 cm³/mol. The SMILES string of the molecule is Cc1onc(-c2ccc(F)cn2)c1C=Cc1ncc(C(=O)NCCO)s1. The van der Waals surface area contributed by atoms with Crippen molar-refractivity contribution in [3.05, 3.63) is 51.6 Å². The Morgan fingerprint density at radius 1 is 1.35 bits per heavy atom. The molecule has 0 aliphatic rings. The Labute approximate surface area is 152 Å². The quantitative estimate of drug-likeness (QED) is 0.688. The molecule has 0 spiro atoms. The lowest BCUT2D eigenvalue weighted by molar-refractivity contribution is 0.0948. The highest BCUT2D eigenvalue weighted by Crippen LogP contribution is 2.26. The number of aliphatic hydroxyl groups is 1. The molecular weight excluding hydrogens is 359 g/mol. The molecule has 3 aromatic rings. The molecule has 7 nitrogen and oxygen atoms in total. The number of hydrogen-bond acceptors (Lipinski definition) is 7. The average Bonchev–Trinajstić information content (AvgIpc) is 3.25. The highest BCUT2D eigenvalue weighted by Gasteiger charge is 2.14. The summed E-state index contributed by atoms with van der Waals surface area (Å²) in [6.45, 7) is 1.83. The van der Waals surface area contributed by atoms with Gasteiger partial charge >= 0.3 is 0 Å². The zero-order valence-corrected chi connectivity index (χ0v) is 14.6. The summed E-state index contributed by atoms with van der Waals surface area (Å²) >= 11 is 1.21. The standard InChI is InChI=1S/C17H15FN4O3S/c1-10-12(16(22-25-10)13-4-2-11(18)8-20-13)3-5-15-21-9-14(26-15)17(24)19-6-7-23/h2-5,8-9,23H,6-7H2,1H3,(H,19,24). The molecule has 2 N–H and O–H groups in total. The average molecular weight is 374 g/mol. The first-order chi connectivity index (χ1) is 12.6. The van der Waals surface area contributed by atoms with E-state index in [-0.39, 0.29) is 19.1 Å². The molecule has 3 heterocycles. The molecular formula is C17H15FN4O3S. The van der Waals surface area contributed by atoms with Crippen LogP contribution in [-0.2, 0) is 0 Å². The highest BCUT2D eigenvalue weighted by atomic mass is 32.1. The van der Waals surface area contributed by atoms with Gasteiger partial charge in [-0.05, 0) is 31.2 Å². The molecule has 0 aliphatic heterocycles. The van der Waals surface area contributed by atoms with Gasteiger partial charge in [0.1, 0.15) is 27.2 Å². The van der Waals surface area contributed by atoms with Gasteiger partial charge < -0.3 is 14.9 Å². The number of carbonyl (C=O) groups is 1. The van der Waals surface area contributed by atoms with E-state index in [0.717, 1.165) is 6.20 Å². The molecule has 26 heavy (non-hydrogen) atoms. The molecule has 0 aliphatic carbocycles. The van der Waals surface area contributed by atoms with Gasteiger partial charge in [0.2, 0.25) is 0 Å². The summed E-state index contributed by atoms with van der Waals surface area (Å²) in [7, 11) is 0. The van der Waals surface area contributed by atoms with Crippen molar-refractivity contribution in [2.75, 3.05) is 13.2 Å². The summed E-state index contributed by atoms with van der Waals surface area (Å²) in [5.74, 6) is -0.130. The van der Waals surface area contributed by atoms with Crippen molar-refractivity contribution in [1.29, 1.82) is 0 Å². The largest absolute Gasteiger partial charge is 0.395 e. The van der Waals surface area contributed by atoms with Crippen LogP contribution >= 0.6 is 11.3 Å². The van der Waals surface area contributed by atoms with Gasteiger partial charge in [0.05, 0.1) is 24.7 Å². The minimum Gasteiger partial charge on any atom is -0.395 e. The van der Waals surface area contributed by atoms with Crippen LogP contribution in [0.1, 0.15) is 26.0 Å². The number of pyridine rings is 1. The molecule has 0 fully saturated rings. The first-order valence-electron chi connectivity index (χ1n) is 7.69. The van der Waals surface area contributed by atoms with Crippen LogP contribution in [0.4, 0.5) is 4.39 Å². The van der Waals surface area contributed by atoms with Crippen molar-refractivity contribution in [3.63, 3.8) is 0 Å². The molecule has 0 saturated carbocycles. The normalized spacial score (nSPS) is 11.2. The molecule has 0 unspecified atom stereocenters. The van der Waals surface area contributed by atoms with E-state index in [1.165, 1.54) is 29.7 Å². The summed E-state index contributed by atoms with van der Waals surface area (Å²) in [6, 6.07) is 2.83. The lowest BCUT2D eigenvalue weighted by Gasteiger charge is -1.98. The molecule has 0 saturated heterocycles. The Morgan fingerprint density at radius 3 is 2.92 bits per heavy atom. The number of aliphatic hydroxyl groups excluding tert-OH is 1. The van der Waals surface area contributed by atoms with E-state index >= 15 is 0 Å². The number of halogens is 1. The fourth-order valence-corrected chi connectivity index (χ4v) is 2.89. The second-order valence-corrected chi connectivity index (χ2v) is 6.30. The molecule has 1 amide bonds. The van der Waals surface area contributed by atoms with Gasteiger partial charge in [-0.15, -0.1) is 11.3 Å². The number of aryl methyl sites for hydroxylation is 1. The van der Waals surface area contributed by atoms with Crippen LogP contribution in [-0.4, -0.2) is 39.3 Å². The second kappa shape index (κ2) is 7.98. The first kappa shape index (κ1) is 17.9. The molecule has 3 aromatic heterocycles. The number of nitrogens with one attached hydrogen (secondary N) is 1. The summed E-state index contributed by atoms with van der Waals surface area (Å²) in [4.78, 5) is 20.5. The van der Waals surface area contributed by atoms with E-state index < -0.39 is 5.82 Å². The van der Waals surface area contributed by atoms with Crippen molar-refractivity contribution in [2.24, 2.45) is 0 Å². The third-order valence-corrected chi connectivity index (χ3v) is 4.38. The van der Waals surface area contributed by atoms with E-state index in [1.807, 2.05) is 0 Å². The summed E-state index contributed by atoms with van der Waals surface area (Å²) in [6.07, 6.45) is 6.09. The van der Waals surface area contributed by atoms with E-state index in [0.29, 0.717) is 32.6 Å². The molecule has 9 heteroatoms. The molecule has 134 valence electrons. The number of hydrogen-bond donors (Lipinski definition) is 2. The Kier molecular flexibility index (Phi) is 5.49. The third kappa shape index (κ3) is 4.01. The van der Waals surface area contributed by atoms with Gasteiger partial charge in [0.15, 0.2) is 0 Å². The van der Waals surface area contributed by atoms with Crippen molar-refractivity contribution in [3.8, 4) is 11.4 Å². The van der Waals surface area contributed by atoms with Crippen molar-refractivity contribution >= 4 is 29.4 Å². The van der Waals surface area contributed by atoms with Gasteiger partial charge in [-0.25, -0.2) is 9.37 Å². The Hall–Kier alpha value is -2.91. The zero-order chi connectivity index (χ0) is 18.5. The number of aromatic nitrogens is 3. The molecule has 0 atom stereocenters. The number of rotatable bonds is 6. The van der Waals surface area contributed by atoms with Crippen LogP contribution in [0.25, 0.3) is 23.5 Å². The van der Waals surface area contributed by atoms with Gasteiger partial charge in [-0.1, -0.05) is 5.16 Å². The van der Waals surface area contributed by atoms with Crippen LogP contribution in [0.2, 0.25) is 0 Å². The minimum absolute atomic E-state index is 0.121. The van der Waals surface area contributed by atoms with E-state index in [2.05, 4.69) is 20.4 Å². The van der Waals surface area contributed by atoms with Crippen molar-refractivity contribution < 1.29 is 18.8 Å². The minimum atomic E-state index is -0.430. The van der Waals surface area contributed by atoms with Crippen LogP contribution < -0.4 is 5.32 Å². The maximum atomic E-state index is 13.0. The van der Waals surface area contributed by atoms with E-state index in [1.54, 1.807) is 19.1 Å². The Balaban J connectivity index is 1.81. The second-order valence-electron chi connectivity index (χ2n) is 5.24. The smallest absolute Gasteiger partial charge is 0.263 e. The zero-order valence-electron chi connectivity index (χ0n) is 13.8. The maximum absolute atomic E-state index is 13.0. The van der Waals surface area contributed by atoms with Crippen LogP contribution in [0.15, 0.2) is 29.0 Å². The van der Waals surface area contributed by atoms with Crippen molar-refractivity contribution in [1.82, 2.24) is 20.4 Å². The van der Waals surface area contributed by atoms with Crippen molar-refractivity contribution in [2.45, 2.75) is 6.92 Å². The van der Waals surface area contributed by atoms with Crippen LogP contribution in [0.3, 0.4) is 0 Å². The maximum Gasteiger partial charge on any atom is 0.263 e. The van der Waals surface area contributed by atoms with Gasteiger partial charge in [-0.2, -0.15) is 0 Å². The fraction of sp³-hybridized carbons (Fsp3) is 0.176. The lowest BCUT2D eigenvalue weighted by Crippen LogP contribution is -2.25. The summed E-state index contributed by atoms with van der Waals surface area (Å²) < 4.78 is 18.3. The van der Waals surface area contributed by atoms with Crippen LogP contribution in [0.5, 0.6) is 0 Å². The summed E-state index contributed by atoms with van der Waals surface area (Å²) in [5, 5.41) is 15.9. The fourth-order valence-electron chi connectivity index (χ4n) is 2.16. The Morgan fingerprint density at radius 2 is 2.19 bits per heavy atom. The summed E-state index contributed by atoms with van der Waals surface area (Å²) in [5.41, 5.74) is 1.69. The van der Waals surface area contributed by atoms with Gasteiger partial charge in [0, 0.05) is 12.1 Å². The molecule has 0 radical (unpaired) electrons. The molecule has 0 bridgehead atoms. The number of amides is 1. The third-order valence-electron chi connectivity index (χ3n) is 3.42. The van der Waals surface area contributed by atoms with E-state index in [9.17, 15) is 9.18 Å². The highest BCUT2D eigenvalue weighted by molar-refractivity contribution is 7.14.